The second kappa shape index (κ2) is 8.45. The number of nitrogens with zero attached hydrogens (tertiary/aromatic N) is 5. The maximum Gasteiger partial charge on any atom is 0.293 e. The fourth-order valence-corrected chi connectivity index (χ4v) is 4.28. The van der Waals surface area contributed by atoms with Crippen molar-refractivity contribution in [3.05, 3.63) is 69.8 Å². The van der Waals surface area contributed by atoms with Crippen molar-refractivity contribution in [3.8, 4) is 11.3 Å². The van der Waals surface area contributed by atoms with E-state index in [0.717, 1.165) is 43.5 Å². The summed E-state index contributed by atoms with van der Waals surface area (Å²) in [6, 6.07) is 7.35. The number of nitrogens with one attached hydrogen (secondary N) is 1. The molecular formula is C23H26N6O2. The molecule has 0 aliphatic heterocycles. The third-order valence-electron chi connectivity index (χ3n) is 6.23. The third kappa shape index (κ3) is 4.42. The Labute approximate surface area is 180 Å². The molecule has 0 amide bonds. The van der Waals surface area contributed by atoms with Crippen LogP contribution in [0.4, 0.5) is 5.82 Å². The topological polar surface area (TPSA) is 94.7 Å². The van der Waals surface area contributed by atoms with Crippen molar-refractivity contribution in [1.29, 1.82) is 0 Å². The zero-order chi connectivity index (χ0) is 21.2. The lowest BCUT2D eigenvalue weighted by molar-refractivity contribution is 0.304. The number of hydrogen-bond donors (Lipinski definition) is 1. The van der Waals surface area contributed by atoms with Crippen molar-refractivity contribution in [2.24, 2.45) is 5.92 Å². The van der Waals surface area contributed by atoms with E-state index in [1.807, 2.05) is 12.1 Å². The van der Waals surface area contributed by atoms with Gasteiger partial charge in [-0.1, -0.05) is 0 Å². The van der Waals surface area contributed by atoms with Crippen LogP contribution in [0.5, 0.6) is 0 Å². The molecule has 0 bridgehead atoms. The van der Waals surface area contributed by atoms with Crippen LogP contribution in [-0.4, -0.2) is 30.4 Å². The summed E-state index contributed by atoms with van der Waals surface area (Å²) in [5.41, 5.74) is 1.51. The molecule has 31 heavy (non-hydrogen) atoms. The summed E-state index contributed by atoms with van der Waals surface area (Å²) in [7, 11) is 0. The molecule has 160 valence electrons. The largest absolute Gasteiger partial charge is 0.363 e. The molecule has 3 aromatic heterocycles. The molecule has 0 saturated heterocycles. The third-order valence-corrected chi connectivity index (χ3v) is 6.23. The predicted molar refractivity (Wildman–Crippen MR) is 118 cm³/mol. The minimum absolute atomic E-state index is 0.0430. The van der Waals surface area contributed by atoms with Crippen molar-refractivity contribution in [2.45, 2.75) is 57.2 Å². The van der Waals surface area contributed by atoms with Crippen LogP contribution in [0.15, 0.2) is 58.6 Å². The van der Waals surface area contributed by atoms with Gasteiger partial charge in [0.25, 0.3) is 11.1 Å². The van der Waals surface area contributed by atoms with E-state index in [0.29, 0.717) is 11.7 Å². The monoisotopic (exact) mass is 418 g/mol. The minimum Gasteiger partial charge on any atom is -0.363 e. The lowest BCUT2D eigenvalue weighted by Gasteiger charge is -2.29. The van der Waals surface area contributed by atoms with Gasteiger partial charge in [0.2, 0.25) is 0 Å². The molecule has 0 aromatic carbocycles. The maximum atomic E-state index is 12.7. The molecular weight excluding hydrogens is 392 g/mol. The lowest BCUT2D eigenvalue weighted by Crippen LogP contribution is -2.35. The van der Waals surface area contributed by atoms with Gasteiger partial charge in [0.05, 0.1) is 11.7 Å². The van der Waals surface area contributed by atoms with Gasteiger partial charge >= 0.3 is 0 Å². The quantitative estimate of drug-likeness (QED) is 0.661. The maximum absolute atomic E-state index is 12.7. The van der Waals surface area contributed by atoms with Gasteiger partial charge in [0, 0.05) is 49.0 Å². The minimum atomic E-state index is -0.0864. The van der Waals surface area contributed by atoms with E-state index < -0.39 is 0 Å². The predicted octanol–water partition coefficient (Wildman–Crippen LogP) is 2.87. The number of hydrogen-bond acceptors (Lipinski definition) is 6. The van der Waals surface area contributed by atoms with E-state index in [1.165, 1.54) is 12.8 Å². The van der Waals surface area contributed by atoms with Crippen LogP contribution in [0.2, 0.25) is 0 Å². The highest BCUT2D eigenvalue weighted by Crippen LogP contribution is 2.30. The summed E-state index contributed by atoms with van der Waals surface area (Å²) in [6.07, 6.45) is 12.7. The number of rotatable bonds is 6. The van der Waals surface area contributed by atoms with Gasteiger partial charge in [-0.15, -0.1) is 0 Å². The molecule has 5 rings (SSSR count). The van der Waals surface area contributed by atoms with E-state index in [1.54, 1.807) is 46.2 Å². The molecule has 2 saturated carbocycles. The lowest BCUT2D eigenvalue weighted by atomic mass is 9.91. The van der Waals surface area contributed by atoms with E-state index in [2.05, 4.69) is 20.4 Å². The Morgan fingerprint density at radius 2 is 1.84 bits per heavy atom. The molecule has 0 radical (unpaired) electrons. The highest BCUT2D eigenvalue weighted by molar-refractivity contribution is 5.56. The zero-order valence-electron chi connectivity index (χ0n) is 17.4. The molecule has 2 fully saturated rings. The summed E-state index contributed by atoms with van der Waals surface area (Å²) in [4.78, 5) is 33.6. The molecule has 0 unspecified atom stereocenters. The van der Waals surface area contributed by atoms with Gasteiger partial charge in [0.15, 0.2) is 5.82 Å². The summed E-state index contributed by atoms with van der Waals surface area (Å²) in [5, 5.41) is 7.96. The summed E-state index contributed by atoms with van der Waals surface area (Å²) in [6.45, 7) is 0.782. The summed E-state index contributed by atoms with van der Waals surface area (Å²) in [5.74, 6) is 1.07. The summed E-state index contributed by atoms with van der Waals surface area (Å²) >= 11 is 0. The smallest absolute Gasteiger partial charge is 0.293 e. The normalized spacial score (nSPS) is 21.0. The van der Waals surface area contributed by atoms with Crippen molar-refractivity contribution in [2.75, 3.05) is 5.32 Å². The first-order valence-electron chi connectivity index (χ1n) is 11.0. The zero-order valence-corrected chi connectivity index (χ0v) is 17.4. The van der Waals surface area contributed by atoms with E-state index in [9.17, 15) is 9.59 Å². The Kier molecular flexibility index (Phi) is 5.36. The molecule has 3 heterocycles. The first-order valence-corrected chi connectivity index (χ1v) is 11.0. The Morgan fingerprint density at radius 1 is 1.00 bits per heavy atom. The van der Waals surface area contributed by atoms with Crippen LogP contribution < -0.4 is 16.4 Å². The van der Waals surface area contributed by atoms with Crippen LogP contribution in [-0.2, 0) is 6.54 Å². The van der Waals surface area contributed by atoms with Crippen LogP contribution in [0, 0.1) is 5.92 Å². The van der Waals surface area contributed by atoms with Crippen molar-refractivity contribution in [1.82, 2.24) is 24.3 Å². The average molecular weight is 419 g/mol. The van der Waals surface area contributed by atoms with E-state index in [-0.39, 0.29) is 23.2 Å². The van der Waals surface area contributed by atoms with E-state index >= 15 is 0 Å². The van der Waals surface area contributed by atoms with Gasteiger partial charge < -0.3 is 9.88 Å². The van der Waals surface area contributed by atoms with Crippen LogP contribution in [0.1, 0.15) is 44.6 Å². The number of pyridine rings is 1. The Bertz CT molecular complexity index is 1160. The highest BCUT2D eigenvalue weighted by Gasteiger charge is 2.26. The molecule has 2 aliphatic carbocycles. The fourth-order valence-electron chi connectivity index (χ4n) is 4.28. The molecule has 0 atom stereocenters. The molecule has 8 nitrogen and oxygen atoms in total. The number of anilines is 1. The van der Waals surface area contributed by atoms with Gasteiger partial charge in [-0.3, -0.25) is 14.6 Å². The fraction of sp³-hybridized carbons (Fsp3) is 0.435. The van der Waals surface area contributed by atoms with Crippen LogP contribution in [0.25, 0.3) is 11.3 Å². The second-order valence-corrected chi connectivity index (χ2v) is 8.57. The van der Waals surface area contributed by atoms with E-state index in [4.69, 9.17) is 0 Å². The Morgan fingerprint density at radius 3 is 2.58 bits per heavy atom. The molecule has 8 heteroatoms. The molecule has 1 N–H and O–H groups in total. The van der Waals surface area contributed by atoms with Gasteiger partial charge in [0.1, 0.15) is 0 Å². The second-order valence-electron chi connectivity index (χ2n) is 8.57. The first kappa shape index (κ1) is 19.7. The standard InChI is InChI=1S/C23H26N6O2/c30-21-10-9-20(17-2-1-11-24-14-17)27-29(21)19-7-5-18(6-8-19)26-22-23(31)28(13-12-25-22)15-16-3-4-16/h1-2,9-14,16,18-19H,3-8,15H2,(H,25,26). The highest BCUT2D eigenvalue weighted by atomic mass is 16.1. The Hall–Kier alpha value is -3.29. The molecule has 0 spiro atoms. The van der Waals surface area contributed by atoms with Crippen LogP contribution >= 0.6 is 0 Å². The molecule has 2 aliphatic rings. The SMILES string of the molecule is O=c1c(NC2CCC(n3nc(-c4cccnc4)ccc3=O)CC2)nccn1CC1CC1. The van der Waals surface area contributed by atoms with Gasteiger partial charge in [-0.2, -0.15) is 5.10 Å². The van der Waals surface area contributed by atoms with Crippen molar-refractivity contribution < 1.29 is 0 Å². The van der Waals surface area contributed by atoms with Gasteiger partial charge in [-0.05, 0) is 62.6 Å². The van der Waals surface area contributed by atoms with Gasteiger partial charge in [-0.25, -0.2) is 9.67 Å². The average Bonchev–Trinajstić information content (AvgIpc) is 3.62. The molecule has 3 aromatic rings. The summed E-state index contributed by atoms with van der Waals surface area (Å²) < 4.78 is 3.38. The van der Waals surface area contributed by atoms with Crippen molar-refractivity contribution >= 4 is 5.82 Å². The number of aromatic nitrogens is 5. The van der Waals surface area contributed by atoms with Crippen LogP contribution in [0.3, 0.4) is 0 Å². The Balaban J connectivity index is 1.26. The van der Waals surface area contributed by atoms with Crippen molar-refractivity contribution in [3.63, 3.8) is 0 Å². The first-order chi connectivity index (χ1) is 15.2.